The highest BCUT2D eigenvalue weighted by Gasteiger charge is 2.23. The smallest absolute Gasteiger partial charge is 0.339 e. The molecule has 0 saturated carbocycles. The zero-order chi connectivity index (χ0) is 16.3. The average molecular weight is 335 g/mol. The molecular weight excluding hydrogens is 322 g/mol. The Bertz CT molecular complexity index is 710. The monoisotopic (exact) mass is 335 g/mol. The van der Waals surface area contributed by atoms with E-state index in [2.05, 4.69) is 11.9 Å². The van der Waals surface area contributed by atoms with Crippen molar-refractivity contribution in [1.29, 1.82) is 0 Å². The number of thiocarbonyl (C=S) groups is 1. The van der Waals surface area contributed by atoms with Gasteiger partial charge in [0.25, 0.3) is 5.91 Å². The highest BCUT2D eigenvalue weighted by Crippen LogP contribution is 2.30. The lowest BCUT2D eigenvalue weighted by Gasteiger charge is -2.11. The zero-order valence-electron chi connectivity index (χ0n) is 11.7. The Hall–Kier alpha value is -2.12. The number of ether oxygens (including phenoxy) is 1. The Labute approximate surface area is 137 Å². The number of aromatic carboxylic acids is 1. The number of carbonyl (C=O) groups excluding carboxylic acids is 1. The average Bonchev–Trinajstić information content (AvgIpc) is 2.76. The van der Waals surface area contributed by atoms with Crippen molar-refractivity contribution in [1.82, 2.24) is 5.32 Å². The van der Waals surface area contributed by atoms with Gasteiger partial charge in [0.1, 0.15) is 15.6 Å². The largest absolute Gasteiger partial charge is 0.496 e. The van der Waals surface area contributed by atoms with Crippen LogP contribution in [0.5, 0.6) is 5.75 Å². The fraction of sp³-hybridized carbons (Fsp3) is 0.133. The summed E-state index contributed by atoms with van der Waals surface area (Å²) in [5, 5.41) is 11.9. The van der Waals surface area contributed by atoms with Crippen molar-refractivity contribution < 1.29 is 19.4 Å². The van der Waals surface area contributed by atoms with Gasteiger partial charge in [-0.1, -0.05) is 36.1 Å². The molecule has 1 heterocycles. The summed E-state index contributed by atoms with van der Waals surface area (Å²) in [7, 11) is 1.41. The Morgan fingerprint density at radius 2 is 2.27 bits per heavy atom. The van der Waals surface area contributed by atoms with E-state index < -0.39 is 5.97 Å². The molecular formula is C15H13NO4S2. The number of benzene rings is 1. The molecule has 22 heavy (non-hydrogen) atoms. The standard InChI is InChI=1S/C15H13NO4S2/c1-3-4-9-5-8(6-10(20-2)12(9)14(18)19)7-11-13(17)16-15(21)22-11/h3,5-7H,1,4H2,2H3,(H,18,19)(H,16,17,21)/b11-7-. The third-order valence-electron chi connectivity index (χ3n) is 2.94. The van der Waals surface area contributed by atoms with Gasteiger partial charge < -0.3 is 15.2 Å². The first kappa shape index (κ1) is 16.3. The van der Waals surface area contributed by atoms with Crippen molar-refractivity contribution in [3.05, 3.63) is 46.4 Å². The molecule has 7 heteroatoms. The number of hydrogen-bond donors (Lipinski definition) is 2. The van der Waals surface area contributed by atoms with Gasteiger partial charge >= 0.3 is 5.97 Å². The number of allylic oxidation sites excluding steroid dienone is 1. The number of thioether (sulfide) groups is 1. The van der Waals surface area contributed by atoms with Gasteiger partial charge in [-0.3, -0.25) is 4.79 Å². The van der Waals surface area contributed by atoms with Crippen LogP contribution in [0.15, 0.2) is 29.7 Å². The molecule has 1 aliphatic rings. The van der Waals surface area contributed by atoms with Gasteiger partial charge in [0.05, 0.1) is 12.0 Å². The maximum atomic E-state index is 11.7. The maximum absolute atomic E-state index is 11.7. The van der Waals surface area contributed by atoms with Crippen molar-refractivity contribution in [2.24, 2.45) is 0 Å². The number of nitrogens with one attached hydrogen (secondary N) is 1. The van der Waals surface area contributed by atoms with Gasteiger partial charge in [-0.2, -0.15) is 0 Å². The minimum Gasteiger partial charge on any atom is -0.496 e. The van der Waals surface area contributed by atoms with E-state index in [0.29, 0.717) is 26.8 Å². The van der Waals surface area contributed by atoms with Gasteiger partial charge in [0.2, 0.25) is 0 Å². The highest BCUT2D eigenvalue weighted by molar-refractivity contribution is 8.26. The SMILES string of the molecule is C=CCc1cc(/C=C2\SC(=S)NC2=O)cc(OC)c1C(=O)O. The first-order valence-electron chi connectivity index (χ1n) is 6.26. The quantitative estimate of drug-likeness (QED) is 0.489. The number of amides is 1. The Balaban J connectivity index is 2.54. The summed E-state index contributed by atoms with van der Waals surface area (Å²) in [5.74, 6) is -1.09. The van der Waals surface area contributed by atoms with Crippen molar-refractivity contribution in [3.8, 4) is 5.75 Å². The first-order valence-corrected chi connectivity index (χ1v) is 7.48. The molecule has 1 aromatic carbocycles. The van der Waals surface area contributed by atoms with E-state index in [1.165, 1.54) is 18.9 Å². The van der Waals surface area contributed by atoms with E-state index in [4.69, 9.17) is 17.0 Å². The molecule has 1 fully saturated rings. The number of rotatable bonds is 5. The Kier molecular flexibility index (Phi) is 4.99. The van der Waals surface area contributed by atoms with Crippen LogP contribution in [-0.2, 0) is 11.2 Å². The molecule has 0 radical (unpaired) electrons. The summed E-state index contributed by atoms with van der Waals surface area (Å²) in [6.45, 7) is 3.63. The second-order valence-corrected chi connectivity index (χ2v) is 6.13. The Morgan fingerprint density at radius 1 is 1.55 bits per heavy atom. The molecule has 0 unspecified atom stereocenters. The van der Waals surface area contributed by atoms with E-state index in [1.54, 1.807) is 24.3 Å². The fourth-order valence-electron chi connectivity index (χ4n) is 2.07. The number of carbonyl (C=O) groups is 2. The molecule has 2 N–H and O–H groups in total. The van der Waals surface area contributed by atoms with Crippen LogP contribution in [0.25, 0.3) is 6.08 Å². The highest BCUT2D eigenvalue weighted by atomic mass is 32.2. The minimum atomic E-state index is -1.07. The Morgan fingerprint density at radius 3 is 2.77 bits per heavy atom. The van der Waals surface area contributed by atoms with Crippen LogP contribution in [0, 0.1) is 0 Å². The van der Waals surface area contributed by atoms with Crippen LogP contribution in [0.3, 0.4) is 0 Å². The lowest BCUT2D eigenvalue weighted by molar-refractivity contribution is -0.115. The normalized spacial score (nSPS) is 15.8. The van der Waals surface area contributed by atoms with E-state index in [1.807, 2.05) is 0 Å². The van der Waals surface area contributed by atoms with Gasteiger partial charge in [0, 0.05) is 0 Å². The van der Waals surface area contributed by atoms with Crippen molar-refractivity contribution in [3.63, 3.8) is 0 Å². The molecule has 1 amide bonds. The van der Waals surface area contributed by atoms with Crippen LogP contribution >= 0.6 is 24.0 Å². The van der Waals surface area contributed by atoms with E-state index in [9.17, 15) is 14.7 Å². The third kappa shape index (κ3) is 3.37. The van der Waals surface area contributed by atoms with Gasteiger partial charge in [-0.25, -0.2) is 4.79 Å². The summed E-state index contributed by atoms with van der Waals surface area (Å²) in [5.41, 5.74) is 1.34. The molecule has 0 aromatic heterocycles. The van der Waals surface area contributed by atoms with Crippen molar-refractivity contribution in [2.75, 3.05) is 7.11 Å². The topological polar surface area (TPSA) is 75.6 Å². The molecule has 0 atom stereocenters. The minimum absolute atomic E-state index is 0.101. The lowest BCUT2D eigenvalue weighted by Crippen LogP contribution is -2.17. The maximum Gasteiger partial charge on any atom is 0.339 e. The summed E-state index contributed by atoms with van der Waals surface area (Å²) in [4.78, 5) is 23.6. The van der Waals surface area contributed by atoms with E-state index in [0.717, 1.165) is 0 Å². The fourth-order valence-corrected chi connectivity index (χ4v) is 3.12. The van der Waals surface area contributed by atoms with Crippen LogP contribution in [0.4, 0.5) is 0 Å². The lowest BCUT2D eigenvalue weighted by atomic mass is 9.99. The van der Waals surface area contributed by atoms with Crippen LogP contribution in [-0.4, -0.2) is 28.4 Å². The predicted octanol–water partition coefficient (Wildman–Crippen LogP) is 2.61. The number of hydrogen-bond acceptors (Lipinski definition) is 5. The summed E-state index contributed by atoms with van der Waals surface area (Å²) < 4.78 is 5.57. The number of carboxylic acid groups (broad SMARTS) is 1. The molecule has 1 aromatic rings. The molecule has 0 aliphatic carbocycles. The molecule has 1 aliphatic heterocycles. The first-order chi connectivity index (χ1) is 10.5. The summed E-state index contributed by atoms with van der Waals surface area (Å²) in [6.07, 6.45) is 3.65. The summed E-state index contributed by atoms with van der Waals surface area (Å²) >= 11 is 6.10. The van der Waals surface area contributed by atoms with Crippen molar-refractivity contribution in [2.45, 2.75) is 6.42 Å². The zero-order valence-corrected chi connectivity index (χ0v) is 13.3. The van der Waals surface area contributed by atoms with E-state index >= 15 is 0 Å². The third-order valence-corrected chi connectivity index (χ3v) is 4.11. The number of methoxy groups -OCH3 is 1. The summed E-state index contributed by atoms with van der Waals surface area (Å²) in [6, 6.07) is 3.29. The molecule has 1 saturated heterocycles. The molecule has 2 rings (SSSR count). The van der Waals surface area contributed by atoms with Crippen LogP contribution < -0.4 is 10.1 Å². The predicted molar refractivity (Wildman–Crippen MR) is 90.2 cm³/mol. The second kappa shape index (κ2) is 6.76. The molecule has 0 bridgehead atoms. The van der Waals surface area contributed by atoms with Crippen LogP contribution in [0.1, 0.15) is 21.5 Å². The van der Waals surface area contributed by atoms with Crippen LogP contribution in [0.2, 0.25) is 0 Å². The molecule has 5 nitrogen and oxygen atoms in total. The second-order valence-electron chi connectivity index (χ2n) is 4.41. The molecule has 114 valence electrons. The van der Waals surface area contributed by atoms with Gasteiger partial charge in [0.15, 0.2) is 0 Å². The number of carboxylic acids is 1. The van der Waals surface area contributed by atoms with Gasteiger partial charge in [-0.15, -0.1) is 6.58 Å². The van der Waals surface area contributed by atoms with E-state index in [-0.39, 0.29) is 17.2 Å². The van der Waals surface area contributed by atoms with Crippen molar-refractivity contribution >= 4 is 46.3 Å². The molecule has 0 spiro atoms. The van der Waals surface area contributed by atoms with Gasteiger partial charge in [-0.05, 0) is 29.7 Å².